The lowest BCUT2D eigenvalue weighted by Gasteiger charge is -2.10. The number of nitrogens with one attached hydrogen (secondary N) is 2. The third-order valence-electron chi connectivity index (χ3n) is 3.81. The molecule has 6 nitrogen and oxygen atoms in total. The summed E-state index contributed by atoms with van der Waals surface area (Å²) in [6.07, 6.45) is 0. The number of rotatable bonds is 7. The first-order chi connectivity index (χ1) is 13.4. The Morgan fingerprint density at radius 3 is 2.71 bits per heavy atom. The highest BCUT2D eigenvalue weighted by molar-refractivity contribution is 7.99. The second-order valence-electron chi connectivity index (χ2n) is 6.04. The van der Waals surface area contributed by atoms with Crippen LogP contribution >= 0.6 is 35.0 Å². The first kappa shape index (κ1) is 20.5. The summed E-state index contributed by atoms with van der Waals surface area (Å²) in [5.74, 6) is 1.33. The molecule has 3 aromatic rings. The van der Waals surface area contributed by atoms with Crippen LogP contribution in [0.25, 0.3) is 0 Å². The summed E-state index contributed by atoms with van der Waals surface area (Å²) in [6.45, 7) is 4.26. The fraction of sp³-hybridized carbons (Fsp3) is 0.211. The van der Waals surface area contributed by atoms with E-state index in [2.05, 4.69) is 20.5 Å². The molecule has 0 saturated carbocycles. The number of amides is 1. The van der Waals surface area contributed by atoms with Crippen LogP contribution in [0.3, 0.4) is 0 Å². The van der Waals surface area contributed by atoms with Crippen LogP contribution in [0.2, 0.25) is 10.0 Å². The summed E-state index contributed by atoms with van der Waals surface area (Å²) >= 11 is 13.2. The van der Waals surface area contributed by atoms with Gasteiger partial charge in [0.1, 0.15) is 12.4 Å². The van der Waals surface area contributed by atoms with Crippen molar-refractivity contribution in [2.24, 2.45) is 0 Å². The van der Waals surface area contributed by atoms with Crippen LogP contribution in [0.4, 0.5) is 5.69 Å². The quantitative estimate of drug-likeness (QED) is 0.507. The average Bonchev–Trinajstić information content (AvgIpc) is 3.10. The normalized spacial score (nSPS) is 10.7. The summed E-state index contributed by atoms with van der Waals surface area (Å²) in [6, 6.07) is 10.9. The summed E-state index contributed by atoms with van der Waals surface area (Å²) < 4.78 is 5.85. The van der Waals surface area contributed by atoms with Crippen molar-refractivity contribution in [2.75, 3.05) is 11.1 Å². The van der Waals surface area contributed by atoms with Gasteiger partial charge in [-0.3, -0.25) is 9.89 Å². The van der Waals surface area contributed by atoms with Crippen molar-refractivity contribution in [1.82, 2.24) is 15.2 Å². The first-order valence-electron chi connectivity index (χ1n) is 8.40. The van der Waals surface area contributed by atoms with Crippen LogP contribution < -0.4 is 10.1 Å². The standard InChI is InChI=1S/C19H18Cl2N4O2S/c1-11-4-3-5-12(2)18(11)27-9-16-23-19(25-24-16)28-10-17(26)22-15-8-13(20)6-7-14(15)21/h3-8H,9-10H2,1-2H3,(H,22,26)(H,23,24,25). The molecule has 0 radical (unpaired) electrons. The van der Waals surface area contributed by atoms with Gasteiger partial charge in [0.2, 0.25) is 11.1 Å². The molecule has 146 valence electrons. The zero-order valence-corrected chi connectivity index (χ0v) is 17.6. The number of anilines is 1. The number of aromatic nitrogens is 3. The molecule has 0 saturated heterocycles. The molecule has 0 spiro atoms. The molecular weight excluding hydrogens is 419 g/mol. The van der Waals surface area contributed by atoms with E-state index in [1.165, 1.54) is 11.8 Å². The highest BCUT2D eigenvalue weighted by Gasteiger charge is 2.11. The Labute approximate surface area is 177 Å². The first-order valence-corrected chi connectivity index (χ1v) is 10.1. The molecule has 3 rings (SSSR count). The van der Waals surface area contributed by atoms with Gasteiger partial charge in [-0.1, -0.05) is 53.2 Å². The lowest BCUT2D eigenvalue weighted by atomic mass is 10.1. The summed E-state index contributed by atoms with van der Waals surface area (Å²) in [7, 11) is 0. The predicted octanol–water partition coefficient (Wildman–Crippen LogP) is 5.04. The highest BCUT2D eigenvalue weighted by Crippen LogP contribution is 2.26. The molecule has 9 heteroatoms. The molecule has 1 aromatic heterocycles. The molecule has 0 atom stereocenters. The van der Waals surface area contributed by atoms with Gasteiger partial charge >= 0.3 is 0 Å². The Morgan fingerprint density at radius 2 is 1.96 bits per heavy atom. The van der Waals surface area contributed by atoms with E-state index in [1.54, 1.807) is 18.2 Å². The summed E-state index contributed by atoms with van der Waals surface area (Å²) in [4.78, 5) is 16.5. The Balaban J connectivity index is 1.52. The molecule has 2 aromatic carbocycles. The Morgan fingerprint density at radius 1 is 1.21 bits per heavy atom. The van der Waals surface area contributed by atoms with Crippen LogP contribution in [0.1, 0.15) is 17.0 Å². The lowest BCUT2D eigenvalue weighted by molar-refractivity contribution is -0.113. The number of carbonyl (C=O) groups is 1. The minimum Gasteiger partial charge on any atom is -0.485 e. The molecule has 0 unspecified atom stereocenters. The minimum absolute atomic E-state index is 0.137. The highest BCUT2D eigenvalue weighted by atomic mass is 35.5. The summed E-state index contributed by atoms with van der Waals surface area (Å²) in [5.41, 5.74) is 2.59. The Bertz CT molecular complexity index is 974. The fourth-order valence-electron chi connectivity index (χ4n) is 2.48. The van der Waals surface area contributed by atoms with Gasteiger partial charge in [-0.25, -0.2) is 4.98 Å². The molecular formula is C19H18Cl2N4O2S. The molecule has 0 aliphatic carbocycles. The Hall–Kier alpha value is -2.22. The number of aromatic amines is 1. The van der Waals surface area contributed by atoms with Crippen molar-refractivity contribution in [3.05, 3.63) is 63.4 Å². The van der Waals surface area contributed by atoms with Crippen LogP contribution in [0.15, 0.2) is 41.6 Å². The van der Waals surface area contributed by atoms with Gasteiger partial charge in [0.25, 0.3) is 0 Å². The van der Waals surface area contributed by atoms with Crippen LogP contribution in [0, 0.1) is 13.8 Å². The fourth-order valence-corrected chi connectivity index (χ4v) is 3.44. The van der Waals surface area contributed by atoms with E-state index in [0.29, 0.717) is 26.7 Å². The number of halogens is 2. The number of carbonyl (C=O) groups excluding carboxylic acids is 1. The van der Waals surface area contributed by atoms with Gasteiger partial charge in [-0.15, -0.1) is 5.10 Å². The van der Waals surface area contributed by atoms with E-state index >= 15 is 0 Å². The van der Waals surface area contributed by atoms with E-state index in [1.807, 2.05) is 32.0 Å². The van der Waals surface area contributed by atoms with Crippen molar-refractivity contribution in [3.8, 4) is 5.75 Å². The monoisotopic (exact) mass is 436 g/mol. The third-order valence-corrected chi connectivity index (χ3v) is 5.22. The molecule has 28 heavy (non-hydrogen) atoms. The maximum Gasteiger partial charge on any atom is 0.234 e. The van der Waals surface area contributed by atoms with Crippen LogP contribution in [0.5, 0.6) is 5.75 Å². The van der Waals surface area contributed by atoms with Gasteiger partial charge in [-0.05, 0) is 43.2 Å². The minimum atomic E-state index is -0.229. The van der Waals surface area contributed by atoms with Gasteiger partial charge in [0, 0.05) is 5.02 Å². The molecule has 2 N–H and O–H groups in total. The third kappa shape index (κ3) is 5.41. The van der Waals surface area contributed by atoms with Gasteiger partial charge in [-0.2, -0.15) is 0 Å². The number of nitrogens with zero attached hydrogens (tertiary/aromatic N) is 2. The number of ether oxygens (including phenoxy) is 1. The lowest BCUT2D eigenvalue weighted by Crippen LogP contribution is -2.14. The maximum absolute atomic E-state index is 12.1. The van der Waals surface area contributed by atoms with Crippen LogP contribution in [-0.4, -0.2) is 26.8 Å². The van der Waals surface area contributed by atoms with E-state index in [4.69, 9.17) is 27.9 Å². The SMILES string of the molecule is Cc1cccc(C)c1OCc1nc(SCC(=O)Nc2cc(Cl)ccc2Cl)n[nH]1. The van der Waals surface area contributed by atoms with E-state index in [-0.39, 0.29) is 18.3 Å². The number of thioether (sulfide) groups is 1. The van der Waals surface area contributed by atoms with E-state index in [0.717, 1.165) is 16.9 Å². The number of H-pyrrole nitrogens is 1. The molecule has 1 heterocycles. The molecule has 0 fully saturated rings. The van der Waals surface area contributed by atoms with Crippen molar-refractivity contribution in [2.45, 2.75) is 25.6 Å². The largest absolute Gasteiger partial charge is 0.485 e. The summed E-state index contributed by atoms with van der Waals surface area (Å²) in [5, 5.41) is 11.0. The number of hydrogen-bond donors (Lipinski definition) is 2. The second-order valence-corrected chi connectivity index (χ2v) is 7.82. The van der Waals surface area contributed by atoms with Crippen molar-refractivity contribution >= 4 is 46.6 Å². The van der Waals surface area contributed by atoms with Crippen LogP contribution in [-0.2, 0) is 11.4 Å². The Kier molecular flexibility index (Phi) is 6.83. The van der Waals surface area contributed by atoms with Crippen molar-refractivity contribution < 1.29 is 9.53 Å². The zero-order chi connectivity index (χ0) is 20.1. The topological polar surface area (TPSA) is 79.9 Å². The van der Waals surface area contributed by atoms with E-state index < -0.39 is 0 Å². The smallest absolute Gasteiger partial charge is 0.234 e. The maximum atomic E-state index is 12.1. The number of aryl methyl sites for hydroxylation is 2. The number of para-hydroxylation sites is 1. The van der Waals surface area contributed by atoms with Gasteiger partial charge in [0.05, 0.1) is 16.5 Å². The average molecular weight is 437 g/mol. The van der Waals surface area contributed by atoms with Gasteiger partial charge in [0.15, 0.2) is 5.82 Å². The zero-order valence-electron chi connectivity index (χ0n) is 15.3. The number of benzene rings is 2. The van der Waals surface area contributed by atoms with Gasteiger partial charge < -0.3 is 10.1 Å². The molecule has 0 aliphatic heterocycles. The molecule has 0 aliphatic rings. The van der Waals surface area contributed by atoms with Crippen molar-refractivity contribution in [1.29, 1.82) is 0 Å². The predicted molar refractivity (Wildman–Crippen MR) is 112 cm³/mol. The molecule has 0 bridgehead atoms. The second kappa shape index (κ2) is 9.32. The molecule has 1 amide bonds. The van der Waals surface area contributed by atoms with Crippen molar-refractivity contribution in [3.63, 3.8) is 0 Å². The van der Waals surface area contributed by atoms with E-state index in [9.17, 15) is 4.79 Å². The number of hydrogen-bond acceptors (Lipinski definition) is 5.